The predicted molar refractivity (Wildman–Crippen MR) is 85.2 cm³/mol. The van der Waals surface area contributed by atoms with Gasteiger partial charge in [-0.15, -0.1) is 0 Å². The highest BCUT2D eigenvalue weighted by Crippen LogP contribution is 2.29. The summed E-state index contributed by atoms with van der Waals surface area (Å²) in [5.74, 6) is -0.519. The molecule has 2 rings (SSSR count). The van der Waals surface area contributed by atoms with E-state index in [-0.39, 0.29) is 5.71 Å². The number of aliphatic imine (C=N–C) groups is 1. The summed E-state index contributed by atoms with van der Waals surface area (Å²) in [6.45, 7) is 3.28. The second-order valence-electron chi connectivity index (χ2n) is 5.36. The first-order valence-electron chi connectivity index (χ1n) is 7.20. The van der Waals surface area contributed by atoms with Crippen molar-refractivity contribution < 1.29 is 9.72 Å². The van der Waals surface area contributed by atoms with E-state index in [9.17, 15) is 14.9 Å². The van der Waals surface area contributed by atoms with E-state index in [0.717, 1.165) is 0 Å². The zero-order chi connectivity index (χ0) is 16.3. The Hall–Kier alpha value is -2.28. The average Bonchev–Trinajstić information content (AvgIpc) is 2.46. The number of nitro groups is 1. The van der Waals surface area contributed by atoms with E-state index in [0.29, 0.717) is 30.9 Å². The molecule has 1 aromatic carbocycles. The molecule has 1 amide bonds. The van der Waals surface area contributed by atoms with E-state index in [1.807, 2.05) is 25.1 Å². The monoisotopic (exact) mass is 304 g/mol. The van der Waals surface area contributed by atoms with Crippen LogP contribution in [0.25, 0.3) is 0 Å². The summed E-state index contributed by atoms with van der Waals surface area (Å²) in [5, 5.41) is 11.4. The van der Waals surface area contributed by atoms with Crippen LogP contribution in [0, 0.1) is 10.1 Å². The second-order valence-corrected chi connectivity index (χ2v) is 5.36. The summed E-state index contributed by atoms with van der Waals surface area (Å²) in [6.07, 6.45) is 0. The van der Waals surface area contributed by atoms with E-state index >= 15 is 0 Å². The Morgan fingerprint density at radius 3 is 2.64 bits per heavy atom. The Balaban J connectivity index is 2.51. The summed E-state index contributed by atoms with van der Waals surface area (Å²) in [7, 11) is 3.81. The lowest BCUT2D eigenvalue weighted by molar-refractivity contribution is -0.488. The number of rotatable bonds is 5. The molecule has 118 valence electrons. The van der Waals surface area contributed by atoms with Gasteiger partial charge >= 0.3 is 11.9 Å². The Morgan fingerprint density at radius 1 is 1.36 bits per heavy atom. The largest absolute Gasteiger partial charge is 0.331 e. The molecule has 1 aliphatic heterocycles. The summed E-state index contributed by atoms with van der Waals surface area (Å²) in [4.78, 5) is 31.1. The zero-order valence-corrected chi connectivity index (χ0v) is 13.0. The standard InChI is InChI=1S/C15H20N4O3/c1-4-18-12-8-6-5-7-11(12)13(16-9-10-17(2)3)14(15(18)20)19(21)22/h5-8,14H,4,9-10H2,1-3H3. The first kappa shape index (κ1) is 16.1. The third-order valence-corrected chi connectivity index (χ3v) is 3.59. The van der Waals surface area contributed by atoms with Crippen molar-refractivity contribution >= 4 is 17.3 Å². The van der Waals surface area contributed by atoms with Crippen LogP contribution in [-0.4, -0.2) is 61.2 Å². The first-order chi connectivity index (χ1) is 10.5. The van der Waals surface area contributed by atoms with Gasteiger partial charge < -0.3 is 9.80 Å². The molecule has 1 aliphatic rings. The number of carbonyl (C=O) groups excluding carboxylic acids is 1. The van der Waals surface area contributed by atoms with Crippen LogP contribution < -0.4 is 4.90 Å². The minimum Gasteiger partial charge on any atom is -0.308 e. The molecular weight excluding hydrogens is 284 g/mol. The van der Waals surface area contributed by atoms with Crippen LogP contribution in [0.2, 0.25) is 0 Å². The van der Waals surface area contributed by atoms with Crippen LogP contribution in [0.4, 0.5) is 5.69 Å². The molecule has 7 heteroatoms. The quantitative estimate of drug-likeness (QED) is 0.601. The maximum atomic E-state index is 12.5. The molecule has 0 saturated heterocycles. The third-order valence-electron chi connectivity index (χ3n) is 3.59. The van der Waals surface area contributed by atoms with Gasteiger partial charge in [-0.05, 0) is 27.1 Å². The van der Waals surface area contributed by atoms with Crippen LogP contribution in [0.1, 0.15) is 12.5 Å². The Kier molecular flexibility index (Phi) is 4.87. The van der Waals surface area contributed by atoms with Crippen molar-refractivity contribution in [2.75, 3.05) is 38.6 Å². The highest BCUT2D eigenvalue weighted by atomic mass is 16.6. The maximum Gasteiger partial charge on any atom is 0.331 e. The van der Waals surface area contributed by atoms with E-state index in [2.05, 4.69) is 4.99 Å². The minimum atomic E-state index is -1.42. The van der Waals surface area contributed by atoms with Gasteiger partial charge in [-0.2, -0.15) is 0 Å². The van der Waals surface area contributed by atoms with E-state index < -0.39 is 16.9 Å². The molecule has 1 atom stereocenters. The molecule has 0 bridgehead atoms. The fourth-order valence-corrected chi connectivity index (χ4v) is 2.51. The van der Waals surface area contributed by atoms with Gasteiger partial charge in [0.25, 0.3) is 0 Å². The summed E-state index contributed by atoms with van der Waals surface area (Å²) >= 11 is 0. The minimum absolute atomic E-state index is 0.261. The molecule has 0 aliphatic carbocycles. The topological polar surface area (TPSA) is 79.0 Å². The highest BCUT2D eigenvalue weighted by molar-refractivity contribution is 6.25. The highest BCUT2D eigenvalue weighted by Gasteiger charge is 2.45. The number of likely N-dealkylation sites (N-methyl/N-ethyl adjacent to an activating group) is 2. The van der Waals surface area contributed by atoms with Crippen molar-refractivity contribution in [2.45, 2.75) is 13.0 Å². The number of amides is 1. The average molecular weight is 304 g/mol. The Bertz CT molecular complexity index is 613. The van der Waals surface area contributed by atoms with Crippen molar-refractivity contribution in [1.29, 1.82) is 0 Å². The lowest BCUT2D eigenvalue weighted by Crippen LogP contribution is -2.52. The van der Waals surface area contributed by atoms with Gasteiger partial charge in [-0.1, -0.05) is 18.2 Å². The smallest absolute Gasteiger partial charge is 0.308 e. The molecule has 0 radical (unpaired) electrons. The van der Waals surface area contributed by atoms with Crippen LogP contribution in [-0.2, 0) is 4.79 Å². The van der Waals surface area contributed by atoms with Crippen molar-refractivity contribution in [3.05, 3.63) is 39.9 Å². The van der Waals surface area contributed by atoms with Crippen LogP contribution in [0.5, 0.6) is 0 Å². The van der Waals surface area contributed by atoms with Crippen molar-refractivity contribution in [3.8, 4) is 0 Å². The molecule has 0 spiro atoms. The molecule has 7 nitrogen and oxygen atoms in total. The van der Waals surface area contributed by atoms with Gasteiger partial charge in [0.2, 0.25) is 0 Å². The summed E-state index contributed by atoms with van der Waals surface area (Å²) in [5.41, 5.74) is 1.62. The molecule has 1 aromatic rings. The van der Waals surface area contributed by atoms with Gasteiger partial charge in [0, 0.05) is 23.6 Å². The molecule has 0 saturated carbocycles. The van der Waals surface area contributed by atoms with Gasteiger partial charge in [-0.25, -0.2) is 0 Å². The van der Waals surface area contributed by atoms with E-state index in [1.165, 1.54) is 4.90 Å². The predicted octanol–water partition coefficient (Wildman–Crippen LogP) is 1.05. The van der Waals surface area contributed by atoms with Gasteiger partial charge in [0.15, 0.2) is 0 Å². The van der Waals surface area contributed by atoms with Crippen LogP contribution in [0.3, 0.4) is 0 Å². The normalized spacial score (nSPS) is 19.6. The maximum absolute atomic E-state index is 12.5. The number of fused-ring (bicyclic) bond motifs is 1. The van der Waals surface area contributed by atoms with Gasteiger partial charge in [0.05, 0.1) is 12.2 Å². The number of hydrogen-bond acceptors (Lipinski definition) is 5. The summed E-state index contributed by atoms with van der Waals surface area (Å²) in [6, 6.07) is 5.79. The van der Waals surface area contributed by atoms with Gasteiger partial charge in [-0.3, -0.25) is 19.9 Å². The number of hydrogen-bond donors (Lipinski definition) is 0. The molecule has 0 fully saturated rings. The number of nitrogens with zero attached hydrogens (tertiary/aromatic N) is 4. The van der Waals surface area contributed by atoms with E-state index in [4.69, 9.17) is 0 Å². The van der Waals surface area contributed by atoms with Crippen LogP contribution in [0.15, 0.2) is 29.3 Å². The second kappa shape index (κ2) is 6.65. The molecule has 22 heavy (non-hydrogen) atoms. The van der Waals surface area contributed by atoms with E-state index in [1.54, 1.807) is 25.1 Å². The molecule has 1 heterocycles. The molecular formula is C15H20N4O3. The van der Waals surface area contributed by atoms with Crippen molar-refractivity contribution in [3.63, 3.8) is 0 Å². The number of anilines is 1. The molecule has 0 N–H and O–H groups in total. The van der Waals surface area contributed by atoms with Gasteiger partial charge in [0.1, 0.15) is 5.71 Å². The fraction of sp³-hybridized carbons (Fsp3) is 0.467. The Morgan fingerprint density at radius 2 is 2.05 bits per heavy atom. The van der Waals surface area contributed by atoms with Crippen molar-refractivity contribution in [2.24, 2.45) is 4.99 Å². The first-order valence-corrected chi connectivity index (χ1v) is 7.20. The molecule has 1 unspecified atom stereocenters. The lowest BCUT2D eigenvalue weighted by atomic mass is 9.95. The number of para-hydroxylation sites is 1. The van der Waals surface area contributed by atoms with Crippen LogP contribution >= 0.6 is 0 Å². The lowest BCUT2D eigenvalue weighted by Gasteiger charge is -2.30. The summed E-state index contributed by atoms with van der Waals surface area (Å²) < 4.78 is 0. The number of carbonyl (C=O) groups is 1. The van der Waals surface area contributed by atoms with Crippen molar-refractivity contribution in [1.82, 2.24) is 4.90 Å². The fourth-order valence-electron chi connectivity index (χ4n) is 2.51. The Labute approximate surface area is 129 Å². The zero-order valence-electron chi connectivity index (χ0n) is 13.0. The SMILES string of the molecule is CCN1C(=O)C([N+](=O)[O-])C(=NCCN(C)C)c2ccccc21. The third kappa shape index (κ3) is 2.99. The molecule has 0 aromatic heterocycles. The number of benzene rings is 1.